The van der Waals surface area contributed by atoms with Gasteiger partial charge in [0.15, 0.2) is 0 Å². The lowest BCUT2D eigenvalue weighted by atomic mass is 9.83. The maximum absolute atomic E-state index is 15.2. The summed E-state index contributed by atoms with van der Waals surface area (Å²) in [5.74, 6) is -4.79. The Labute approximate surface area is 367 Å². The van der Waals surface area contributed by atoms with Crippen LogP contribution in [0, 0.1) is 17.0 Å². The number of aliphatic carboxylic acids is 2. The lowest BCUT2D eigenvalue weighted by Gasteiger charge is -2.41. The molecule has 2 atom stereocenters. The van der Waals surface area contributed by atoms with Gasteiger partial charge in [0.05, 0.1) is 18.4 Å². The van der Waals surface area contributed by atoms with E-state index in [1.807, 2.05) is 55.7 Å². The van der Waals surface area contributed by atoms with E-state index in [1.165, 1.54) is 11.8 Å². The molecule has 3 rings (SSSR count). The highest BCUT2D eigenvalue weighted by atomic mass is 32.2. The van der Waals surface area contributed by atoms with Gasteiger partial charge >= 0.3 is 18.0 Å². The molecule has 0 spiro atoms. The summed E-state index contributed by atoms with van der Waals surface area (Å²) in [6, 6.07) is 13.6. The molecule has 0 aliphatic heterocycles. The van der Waals surface area contributed by atoms with Gasteiger partial charge in [-0.05, 0) is 54.1 Å². The van der Waals surface area contributed by atoms with Gasteiger partial charge in [0, 0.05) is 82.3 Å². The van der Waals surface area contributed by atoms with Crippen molar-refractivity contribution in [3.63, 3.8) is 0 Å². The molecule has 1 aromatic heterocycles. The molecule has 5 N–H and O–H groups in total. The van der Waals surface area contributed by atoms with E-state index in [1.54, 1.807) is 17.2 Å². The SMILES string of the molecule is CC(C)(C)[C@H](c1cc(-c2cc(F)ccc2F)cn1Cc1ccccc1)N(CCCNC(=O)OCC[Si](C)(C)C)C(=O)CSCCC(=O)NCCC(=O)N[C@@H](CCC(=O)O)C(=O)O. The van der Waals surface area contributed by atoms with Crippen molar-refractivity contribution in [3.8, 4) is 11.1 Å². The number of nitrogens with one attached hydrogen (secondary N) is 3. The summed E-state index contributed by atoms with van der Waals surface area (Å²) in [4.78, 5) is 75.7. The Bertz CT molecular complexity index is 1990. The van der Waals surface area contributed by atoms with E-state index in [2.05, 4.69) is 35.6 Å². The van der Waals surface area contributed by atoms with Crippen LogP contribution in [-0.2, 0) is 35.3 Å². The normalized spacial score (nSPS) is 12.5. The first-order chi connectivity index (χ1) is 29.1. The minimum atomic E-state index is -1.41. The van der Waals surface area contributed by atoms with Crippen LogP contribution in [-0.4, -0.2) is 107 Å². The Morgan fingerprint density at radius 1 is 0.903 bits per heavy atom. The predicted molar refractivity (Wildman–Crippen MR) is 237 cm³/mol. The van der Waals surface area contributed by atoms with Crippen molar-refractivity contribution in [2.75, 3.05) is 37.7 Å². The van der Waals surface area contributed by atoms with Crippen LogP contribution in [0.4, 0.5) is 13.6 Å². The molecule has 1 heterocycles. The number of benzene rings is 2. The van der Waals surface area contributed by atoms with Gasteiger partial charge < -0.3 is 40.4 Å². The van der Waals surface area contributed by atoms with Crippen molar-refractivity contribution in [2.24, 2.45) is 5.41 Å². The Balaban J connectivity index is 1.79. The number of carboxylic acids is 2. The lowest BCUT2D eigenvalue weighted by molar-refractivity contribution is -0.143. The smallest absolute Gasteiger partial charge is 0.407 e. The molecule has 0 saturated carbocycles. The van der Waals surface area contributed by atoms with Gasteiger partial charge in [-0.15, -0.1) is 0 Å². The van der Waals surface area contributed by atoms with E-state index in [9.17, 15) is 38.3 Å². The molecule has 0 aliphatic carbocycles. The van der Waals surface area contributed by atoms with E-state index < -0.39 is 67.6 Å². The van der Waals surface area contributed by atoms with Crippen LogP contribution in [0.1, 0.15) is 70.2 Å². The molecule has 0 bridgehead atoms. The molecule has 0 fully saturated rings. The predicted octanol–water partition coefficient (Wildman–Crippen LogP) is 6.92. The topological polar surface area (TPSA) is 196 Å². The number of amides is 4. The minimum Gasteiger partial charge on any atom is -0.481 e. The average Bonchev–Trinajstić information content (AvgIpc) is 3.58. The van der Waals surface area contributed by atoms with Crippen molar-refractivity contribution >= 4 is 55.6 Å². The maximum atomic E-state index is 15.2. The highest BCUT2D eigenvalue weighted by Gasteiger charge is 2.37. The number of carbonyl (C=O) groups is 6. The Hall–Kier alpha value is -5.23. The van der Waals surface area contributed by atoms with Gasteiger partial charge in [0.1, 0.15) is 17.7 Å². The van der Waals surface area contributed by atoms with Gasteiger partial charge in [-0.2, -0.15) is 11.8 Å². The van der Waals surface area contributed by atoms with E-state index in [4.69, 9.17) is 9.84 Å². The fraction of sp³-hybridized carbons (Fsp3) is 0.500. The molecular formula is C44H61F2N5O9SSi. The second kappa shape index (κ2) is 24.4. The number of carboxylic acid groups (broad SMARTS) is 2. The highest BCUT2D eigenvalue weighted by Crippen LogP contribution is 2.41. The number of nitrogens with zero attached hydrogens (tertiary/aromatic N) is 2. The summed E-state index contributed by atoms with van der Waals surface area (Å²) in [6.45, 7) is 13.6. The Morgan fingerprint density at radius 2 is 1.61 bits per heavy atom. The second-order valence-electron chi connectivity index (χ2n) is 17.3. The first-order valence-corrected chi connectivity index (χ1v) is 25.5. The van der Waals surface area contributed by atoms with Crippen molar-refractivity contribution in [2.45, 2.75) is 97.2 Å². The molecule has 0 unspecified atom stereocenters. The molecule has 0 saturated heterocycles. The molecular weight excluding hydrogens is 841 g/mol. The third-order valence-corrected chi connectivity index (χ3v) is 12.3. The van der Waals surface area contributed by atoms with Gasteiger partial charge in [0.2, 0.25) is 17.7 Å². The molecule has 18 heteroatoms. The molecule has 62 heavy (non-hydrogen) atoms. The molecule has 2 aromatic carbocycles. The fourth-order valence-corrected chi connectivity index (χ4v) is 8.08. The summed E-state index contributed by atoms with van der Waals surface area (Å²) in [6.07, 6.45) is 0.678. The summed E-state index contributed by atoms with van der Waals surface area (Å²) < 4.78 is 37.1. The van der Waals surface area contributed by atoms with Crippen LogP contribution >= 0.6 is 11.8 Å². The number of hydrogen-bond donors (Lipinski definition) is 5. The number of carbonyl (C=O) groups excluding carboxylic acids is 4. The Kier molecular flexibility index (Phi) is 20.1. The van der Waals surface area contributed by atoms with E-state index in [0.29, 0.717) is 30.8 Å². The largest absolute Gasteiger partial charge is 0.481 e. The number of ether oxygens (including phenoxy) is 1. The van der Waals surface area contributed by atoms with E-state index in [0.717, 1.165) is 29.8 Å². The average molecular weight is 902 g/mol. The van der Waals surface area contributed by atoms with Crippen LogP contribution in [0.5, 0.6) is 0 Å². The summed E-state index contributed by atoms with van der Waals surface area (Å²) in [5, 5.41) is 25.7. The molecule has 0 radical (unpaired) electrons. The molecule has 4 amide bonds. The number of rotatable bonds is 25. The third-order valence-electron chi connectivity index (χ3n) is 9.68. The summed E-state index contributed by atoms with van der Waals surface area (Å²) >= 11 is 1.24. The fourth-order valence-electron chi connectivity index (χ4n) is 6.55. The van der Waals surface area contributed by atoms with Crippen LogP contribution < -0.4 is 16.0 Å². The van der Waals surface area contributed by atoms with Crippen molar-refractivity contribution in [3.05, 3.63) is 83.7 Å². The highest BCUT2D eigenvalue weighted by molar-refractivity contribution is 7.99. The summed E-state index contributed by atoms with van der Waals surface area (Å²) in [5.41, 5.74) is 1.57. The van der Waals surface area contributed by atoms with Gasteiger partial charge in [-0.25, -0.2) is 18.4 Å². The van der Waals surface area contributed by atoms with Crippen LogP contribution in [0.25, 0.3) is 11.1 Å². The van der Waals surface area contributed by atoms with Crippen LogP contribution in [0.3, 0.4) is 0 Å². The molecule has 14 nitrogen and oxygen atoms in total. The zero-order valence-electron chi connectivity index (χ0n) is 36.4. The standard InChI is InChI=1S/C44H61F2N5O9SSi/c1-44(2,3)41(36-25-31(33-26-32(45)13-14-34(33)46)28-50(36)27-30-11-8-7-9-12-30)51(21-10-19-48-43(59)60-22-24-62(4,5)6)39(54)29-61-23-18-37(52)47-20-17-38(53)49-35(42(57)58)15-16-40(55)56/h7-9,11-14,25-26,28,35,41H,10,15-24,27,29H2,1-6H3,(H,47,52)(H,48,59)(H,49,53)(H,55,56)(H,57,58)/t35-,41-/m0/s1. The lowest BCUT2D eigenvalue weighted by Crippen LogP contribution is -2.44. The number of aromatic nitrogens is 1. The van der Waals surface area contributed by atoms with Crippen LogP contribution in [0.15, 0.2) is 60.8 Å². The van der Waals surface area contributed by atoms with Gasteiger partial charge in [0.25, 0.3) is 0 Å². The second-order valence-corrected chi connectivity index (χ2v) is 24.0. The molecule has 3 aromatic rings. The zero-order valence-corrected chi connectivity index (χ0v) is 38.2. The van der Waals surface area contributed by atoms with Crippen LogP contribution in [0.2, 0.25) is 25.7 Å². The molecule has 340 valence electrons. The van der Waals surface area contributed by atoms with Crippen molar-refractivity contribution < 1.29 is 52.5 Å². The third kappa shape index (κ3) is 18.0. The van der Waals surface area contributed by atoms with Crippen molar-refractivity contribution in [1.29, 1.82) is 0 Å². The monoisotopic (exact) mass is 901 g/mol. The number of alkyl carbamates (subject to hydrolysis) is 1. The quantitative estimate of drug-likeness (QED) is 0.0440. The number of halogens is 2. The minimum absolute atomic E-state index is 0.00781. The summed E-state index contributed by atoms with van der Waals surface area (Å²) in [7, 11) is -1.41. The number of thioether (sulfide) groups is 1. The van der Waals surface area contributed by atoms with E-state index >= 15 is 4.39 Å². The van der Waals surface area contributed by atoms with E-state index in [-0.39, 0.29) is 67.8 Å². The first-order valence-electron chi connectivity index (χ1n) is 20.6. The maximum Gasteiger partial charge on any atom is 0.407 e. The first kappa shape index (κ1) is 51.1. The zero-order chi connectivity index (χ0) is 46.0. The van der Waals surface area contributed by atoms with Crippen molar-refractivity contribution in [1.82, 2.24) is 25.4 Å². The van der Waals surface area contributed by atoms with Gasteiger partial charge in [-0.3, -0.25) is 19.2 Å². The number of hydrogen-bond acceptors (Lipinski definition) is 8. The van der Waals surface area contributed by atoms with Gasteiger partial charge in [-0.1, -0.05) is 70.7 Å². The Morgan fingerprint density at radius 3 is 2.26 bits per heavy atom. The molecule has 0 aliphatic rings.